The fraction of sp³-hybridized carbons (Fsp3) is 0.621. The Morgan fingerprint density at radius 1 is 0.692 bits per heavy atom. The lowest BCUT2D eigenvalue weighted by atomic mass is 9.88. The van der Waals surface area contributed by atoms with Crippen LogP contribution in [-0.4, -0.2) is 70.5 Å². The highest BCUT2D eigenvalue weighted by atomic mass is 16.2. The Labute approximate surface area is 230 Å². The van der Waals surface area contributed by atoms with Crippen molar-refractivity contribution in [2.24, 2.45) is 5.92 Å². The Kier molecular flexibility index (Phi) is 14.0. The molecule has 5 amide bonds. The molecule has 1 atom stereocenters. The van der Waals surface area contributed by atoms with E-state index in [0.717, 1.165) is 41.9 Å². The van der Waals surface area contributed by atoms with Gasteiger partial charge in [0.25, 0.3) is 23.6 Å². The van der Waals surface area contributed by atoms with Gasteiger partial charge in [-0.15, -0.1) is 0 Å². The van der Waals surface area contributed by atoms with Crippen molar-refractivity contribution >= 4 is 41.1 Å². The van der Waals surface area contributed by atoms with E-state index in [2.05, 4.69) is 12.2 Å². The Bertz CT molecular complexity index is 949. The Morgan fingerprint density at radius 3 is 1.82 bits per heavy atom. The Morgan fingerprint density at radius 2 is 1.23 bits per heavy atom. The molecule has 0 aliphatic carbocycles. The van der Waals surface area contributed by atoms with Gasteiger partial charge in [0.15, 0.2) is 0 Å². The average Bonchev–Trinajstić information content (AvgIpc) is 3.41. The number of Topliss-reactive ketones (excluding diaryl/α,β-unsaturated/α-hetero) is 2. The lowest BCUT2D eigenvalue weighted by Gasteiger charge is -2.17. The van der Waals surface area contributed by atoms with E-state index in [1.807, 2.05) is 0 Å². The molecule has 0 radical (unpaired) electrons. The molecule has 0 saturated heterocycles. The molecule has 10 nitrogen and oxygen atoms in total. The summed E-state index contributed by atoms with van der Waals surface area (Å²) in [5.41, 5.74) is 0. The van der Waals surface area contributed by atoms with Crippen molar-refractivity contribution in [1.82, 2.24) is 15.1 Å². The Hall–Kier alpha value is -3.43. The number of hydrogen-bond donors (Lipinski definition) is 1. The van der Waals surface area contributed by atoms with Crippen LogP contribution < -0.4 is 5.32 Å². The highest BCUT2D eigenvalue weighted by Crippen LogP contribution is 2.20. The minimum Gasteiger partial charge on any atom is -0.356 e. The summed E-state index contributed by atoms with van der Waals surface area (Å²) in [6.45, 7) is 2.58. The molecule has 2 heterocycles. The number of unbranched alkanes of at least 4 members (excludes halogenated alkanes) is 6. The fourth-order valence-corrected chi connectivity index (χ4v) is 4.62. The number of carbonyl (C=O) groups excluding carboxylic acids is 7. The molecule has 0 fully saturated rings. The first-order valence-corrected chi connectivity index (χ1v) is 14.1. The van der Waals surface area contributed by atoms with Gasteiger partial charge in [0.05, 0.1) is 0 Å². The zero-order chi connectivity index (χ0) is 28.6. The van der Waals surface area contributed by atoms with Crippen molar-refractivity contribution in [3.8, 4) is 0 Å². The summed E-state index contributed by atoms with van der Waals surface area (Å²) >= 11 is 0. The quantitative estimate of drug-likeness (QED) is 0.174. The highest BCUT2D eigenvalue weighted by Gasteiger charge is 2.26. The maximum Gasteiger partial charge on any atom is 0.253 e. The van der Waals surface area contributed by atoms with Gasteiger partial charge < -0.3 is 5.32 Å². The van der Waals surface area contributed by atoms with Crippen LogP contribution in [0, 0.1) is 5.92 Å². The summed E-state index contributed by atoms with van der Waals surface area (Å²) in [7, 11) is 0. The molecule has 39 heavy (non-hydrogen) atoms. The zero-order valence-electron chi connectivity index (χ0n) is 23.0. The van der Waals surface area contributed by atoms with E-state index in [1.165, 1.54) is 30.7 Å². The third kappa shape index (κ3) is 11.5. The molecule has 0 aromatic rings. The van der Waals surface area contributed by atoms with Crippen molar-refractivity contribution < 1.29 is 33.6 Å². The number of carbonyl (C=O) groups is 7. The summed E-state index contributed by atoms with van der Waals surface area (Å²) in [5.74, 6) is -2.49. The summed E-state index contributed by atoms with van der Waals surface area (Å²) in [5, 5.41) is 2.76. The van der Waals surface area contributed by atoms with Gasteiger partial charge in [-0.2, -0.15) is 0 Å². The van der Waals surface area contributed by atoms with Crippen LogP contribution in [0.25, 0.3) is 0 Å². The van der Waals surface area contributed by atoms with Crippen LogP contribution in [0.15, 0.2) is 24.3 Å². The summed E-state index contributed by atoms with van der Waals surface area (Å²) in [4.78, 5) is 86.2. The number of nitrogens with one attached hydrogen (secondary N) is 1. The predicted molar refractivity (Wildman–Crippen MR) is 144 cm³/mol. The fourth-order valence-electron chi connectivity index (χ4n) is 4.62. The van der Waals surface area contributed by atoms with Crippen LogP contribution >= 0.6 is 0 Å². The number of ketones is 2. The third-order valence-electron chi connectivity index (χ3n) is 6.99. The smallest absolute Gasteiger partial charge is 0.253 e. The number of imide groups is 2. The molecule has 10 heteroatoms. The van der Waals surface area contributed by atoms with E-state index in [-0.39, 0.29) is 49.8 Å². The molecule has 1 N–H and O–H groups in total. The maximum absolute atomic E-state index is 13.0. The van der Waals surface area contributed by atoms with Gasteiger partial charge >= 0.3 is 0 Å². The number of nitrogens with zero attached hydrogens (tertiary/aromatic N) is 2. The lowest BCUT2D eigenvalue weighted by molar-refractivity contribution is -0.139. The van der Waals surface area contributed by atoms with Crippen LogP contribution in [0.4, 0.5) is 0 Å². The average molecular weight is 544 g/mol. The van der Waals surface area contributed by atoms with Crippen LogP contribution in [0.3, 0.4) is 0 Å². The lowest BCUT2D eigenvalue weighted by Crippen LogP contribution is -2.35. The topological polar surface area (TPSA) is 138 Å². The molecule has 2 aliphatic rings. The predicted octanol–water partition coefficient (Wildman–Crippen LogP) is 2.80. The van der Waals surface area contributed by atoms with Crippen LogP contribution in [0.2, 0.25) is 0 Å². The largest absolute Gasteiger partial charge is 0.356 e. The van der Waals surface area contributed by atoms with Crippen molar-refractivity contribution in [2.75, 3.05) is 19.6 Å². The number of hydrogen-bond acceptors (Lipinski definition) is 7. The Balaban J connectivity index is 1.73. The first-order chi connectivity index (χ1) is 18.7. The van der Waals surface area contributed by atoms with Crippen molar-refractivity contribution in [2.45, 2.75) is 90.4 Å². The summed E-state index contributed by atoms with van der Waals surface area (Å²) in [6.07, 6.45) is 13.4. The minimum absolute atomic E-state index is 0.0125. The molecule has 214 valence electrons. The highest BCUT2D eigenvalue weighted by molar-refractivity contribution is 6.13. The van der Waals surface area contributed by atoms with Gasteiger partial charge in [-0.25, -0.2) is 0 Å². The second-order valence-corrected chi connectivity index (χ2v) is 10.1. The minimum atomic E-state index is -0.430. The first-order valence-electron chi connectivity index (χ1n) is 14.1. The van der Waals surface area contributed by atoms with Gasteiger partial charge in [-0.1, -0.05) is 45.4 Å². The van der Waals surface area contributed by atoms with Crippen LogP contribution in [-0.2, 0) is 33.6 Å². The summed E-state index contributed by atoms with van der Waals surface area (Å²) < 4.78 is 0. The van der Waals surface area contributed by atoms with E-state index < -0.39 is 29.5 Å². The van der Waals surface area contributed by atoms with Gasteiger partial charge in [0.1, 0.15) is 11.6 Å². The number of amides is 5. The monoisotopic (exact) mass is 543 g/mol. The molecule has 0 aromatic carbocycles. The SMILES string of the molecule is CCCCCCCCC(=O)[C@H](CCCCNC(=O)CCN1C(=O)C=CC1=O)CC(=O)CCN1C(=O)C=CC1=O. The molecule has 2 rings (SSSR count). The van der Waals surface area contributed by atoms with Crippen molar-refractivity contribution in [3.63, 3.8) is 0 Å². The molecule has 0 aromatic heterocycles. The maximum atomic E-state index is 13.0. The van der Waals surface area contributed by atoms with Crippen LogP contribution in [0.5, 0.6) is 0 Å². The molecular formula is C29H41N3O7. The number of rotatable bonds is 21. The first kappa shape index (κ1) is 31.8. The third-order valence-corrected chi connectivity index (χ3v) is 6.99. The second-order valence-electron chi connectivity index (χ2n) is 10.1. The molecule has 0 spiro atoms. The second kappa shape index (κ2) is 17.2. The normalized spacial score (nSPS) is 15.5. The standard InChI is InChI=1S/C29H41N3O7/c1-2-3-4-5-6-7-11-24(34)22(21-23(33)16-19-31-26(36)12-13-27(31)37)10-8-9-18-30-25(35)17-20-32-28(38)14-15-29(32)39/h12-15,22H,2-11,16-21H2,1H3,(H,30,35)/t22-/m1/s1. The molecular weight excluding hydrogens is 502 g/mol. The molecule has 2 aliphatic heterocycles. The van der Waals surface area contributed by atoms with Gasteiger partial charge in [-0.3, -0.25) is 43.4 Å². The molecule has 0 saturated carbocycles. The zero-order valence-corrected chi connectivity index (χ0v) is 23.0. The van der Waals surface area contributed by atoms with Crippen molar-refractivity contribution in [3.05, 3.63) is 24.3 Å². The van der Waals surface area contributed by atoms with Gasteiger partial charge in [-0.05, 0) is 19.3 Å². The molecule has 0 unspecified atom stereocenters. The van der Waals surface area contributed by atoms with Gasteiger partial charge in [0, 0.05) is 75.5 Å². The van der Waals surface area contributed by atoms with E-state index in [9.17, 15) is 33.6 Å². The van der Waals surface area contributed by atoms with E-state index >= 15 is 0 Å². The van der Waals surface area contributed by atoms with E-state index in [4.69, 9.17) is 0 Å². The van der Waals surface area contributed by atoms with Crippen molar-refractivity contribution in [1.29, 1.82) is 0 Å². The summed E-state index contributed by atoms with van der Waals surface area (Å²) in [6, 6.07) is 0. The van der Waals surface area contributed by atoms with Gasteiger partial charge in [0.2, 0.25) is 5.91 Å². The van der Waals surface area contributed by atoms with E-state index in [1.54, 1.807) is 0 Å². The molecule has 0 bridgehead atoms. The van der Waals surface area contributed by atoms with E-state index in [0.29, 0.717) is 32.2 Å². The van der Waals surface area contributed by atoms with Crippen LogP contribution in [0.1, 0.15) is 90.4 Å².